The Balaban J connectivity index is 2.46. The molecule has 0 bridgehead atoms. The number of carbonyl (C=O) groups is 1. The van der Waals surface area contributed by atoms with Gasteiger partial charge < -0.3 is 15.2 Å². The van der Waals surface area contributed by atoms with E-state index >= 15 is 0 Å². The van der Waals surface area contributed by atoms with Crippen molar-refractivity contribution >= 4 is 21.9 Å². The Hall–Kier alpha value is -1.21. The molecule has 0 radical (unpaired) electrons. The highest BCUT2D eigenvalue weighted by molar-refractivity contribution is 9.10. The van der Waals surface area contributed by atoms with Gasteiger partial charge in [0.2, 0.25) is 0 Å². The topological polar surface area (TPSA) is 58.6 Å². The largest absolute Gasteiger partial charge is 0.481 e. The number of halogens is 3. The summed E-state index contributed by atoms with van der Waals surface area (Å²) < 4.78 is 29.0. The summed E-state index contributed by atoms with van der Waals surface area (Å²) in [6.07, 6.45) is 0.496. The molecule has 0 saturated heterocycles. The minimum absolute atomic E-state index is 0.0840. The van der Waals surface area contributed by atoms with Gasteiger partial charge in [-0.25, -0.2) is 0 Å². The lowest BCUT2D eigenvalue weighted by Gasteiger charge is -2.19. The Morgan fingerprint density at radius 3 is 2.67 bits per heavy atom. The number of carboxylic acid groups (broad SMARTS) is 1. The van der Waals surface area contributed by atoms with Crippen molar-refractivity contribution in [1.82, 2.24) is 5.32 Å². The Bertz CT molecular complexity index is 495. The zero-order chi connectivity index (χ0) is 16.0. The Morgan fingerprint density at radius 2 is 2.14 bits per heavy atom. The summed E-state index contributed by atoms with van der Waals surface area (Å²) in [4.78, 5) is 10.9. The van der Waals surface area contributed by atoms with Crippen LogP contribution in [0.1, 0.15) is 25.8 Å². The highest BCUT2D eigenvalue weighted by Crippen LogP contribution is 2.27. The maximum atomic E-state index is 12.1. The van der Waals surface area contributed by atoms with Gasteiger partial charge in [0, 0.05) is 6.54 Å². The number of hydrogen-bond acceptors (Lipinski definition) is 3. The van der Waals surface area contributed by atoms with Crippen molar-refractivity contribution in [3.05, 3.63) is 28.2 Å². The summed E-state index contributed by atoms with van der Waals surface area (Å²) in [5.74, 6) is -0.749. The maximum Gasteiger partial charge on any atom is 0.387 e. The molecule has 0 aromatic heterocycles. The molecule has 1 aromatic carbocycles. The first-order valence-electron chi connectivity index (χ1n) is 6.40. The number of nitrogens with one attached hydrogen (secondary N) is 1. The van der Waals surface area contributed by atoms with Crippen molar-refractivity contribution in [1.29, 1.82) is 0 Å². The first kappa shape index (κ1) is 17.8. The third-order valence-electron chi connectivity index (χ3n) is 3.05. The molecule has 0 heterocycles. The van der Waals surface area contributed by atoms with E-state index in [1.54, 1.807) is 26.0 Å². The molecule has 0 amide bonds. The molecule has 0 unspecified atom stereocenters. The van der Waals surface area contributed by atoms with E-state index < -0.39 is 18.0 Å². The number of carboxylic acids is 1. The SMILES string of the molecule is CC(C)(CCNCc1ccc(OC(F)F)c(Br)c1)C(=O)O. The smallest absolute Gasteiger partial charge is 0.387 e. The minimum atomic E-state index is -2.86. The summed E-state index contributed by atoms with van der Waals surface area (Å²) in [7, 11) is 0. The second kappa shape index (κ2) is 7.70. The van der Waals surface area contributed by atoms with Crippen molar-refractivity contribution in [3.63, 3.8) is 0 Å². The van der Waals surface area contributed by atoms with Gasteiger partial charge in [-0.05, 0) is 60.4 Å². The fourth-order valence-electron chi connectivity index (χ4n) is 1.59. The Labute approximate surface area is 130 Å². The van der Waals surface area contributed by atoms with Crippen LogP contribution in [0.15, 0.2) is 22.7 Å². The van der Waals surface area contributed by atoms with Gasteiger partial charge in [-0.15, -0.1) is 0 Å². The average molecular weight is 366 g/mol. The molecule has 7 heteroatoms. The van der Waals surface area contributed by atoms with Gasteiger partial charge in [0.15, 0.2) is 0 Å². The van der Waals surface area contributed by atoms with E-state index in [9.17, 15) is 13.6 Å². The molecule has 0 atom stereocenters. The summed E-state index contributed by atoms with van der Waals surface area (Å²) in [5.41, 5.74) is 0.111. The molecule has 0 aliphatic carbocycles. The van der Waals surface area contributed by atoms with Crippen LogP contribution < -0.4 is 10.1 Å². The van der Waals surface area contributed by atoms with Crippen LogP contribution in [0.3, 0.4) is 0 Å². The van der Waals surface area contributed by atoms with E-state index in [0.29, 0.717) is 24.0 Å². The minimum Gasteiger partial charge on any atom is -0.481 e. The van der Waals surface area contributed by atoms with Gasteiger partial charge in [0.25, 0.3) is 0 Å². The lowest BCUT2D eigenvalue weighted by Crippen LogP contribution is -2.28. The fraction of sp³-hybridized carbons (Fsp3) is 0.500. The van der Waals surface area contributed by atoms with Gasteiger partial charge in [0.05, 0.1) is 9.89 Å². The number of rotatable bonds is 8. The van der Waals surface area contributed by atoms with Crippen molar-refractivity contribution in [3.8, 4) is 5.75 Å². The molecule has 1 aromatic rings. The molecule has 0 aliphatic heterocycles. The van der Waals surface area contributed by atoms with E-state index in [4.69, 9.17) is 5.11 Å². The van der Waals surface area contributed by atoms with Crippen LogP contribution in [0, 0.1) is 5.41 Å². The van der Waals surface area contributed by atoms with Gasteiger partial charge >= 0.3 is 12.6 Å². The maximum absolute atomic E-state index is 12.1. The highest BCUT2D eigenvalue weighted by atomic mass is 79.9. The fourth-order valence-corrected chi connectivity index (χ4v) is 2.11. The predicted octanol–water partition coefficient (Wildman–Crippen LogP) is 3.64. The molecular weight excluding hydrogens is 348 g/mol. The van der Waals surface area contributed by atoms with E-state index in [2.05, 4.69) is 26.0 Å². The molecule has 21 heavy (non-hydrogen) atoms. The quantitative estimate of drug-likeness (QED) is 0.690. The normalized spacial score (nSPS) is 11.7. The number of alkyl halides is 2. The molecular formula is C14H18BrF2NO3. The van der Waals surface area contributed by atoms with Crippen molar-refractivity contribution in [2.24, 2.45) is 5.41 Å². The van der Waals surface area contributed by atoms with Gasteiger partial charge in [-0.2, -0.15) is 8.78 Å². The summed E-state index contributed by atoms with van der Waals surface area (Å²) >= 11 is 3.17. The van der Waals surface area contributed by atoms with Crippen LogP contribution in [-0.4, -0.2) is 24.2 Å². The van der Waals surface area contributed by atoms with E-state index in [-0.39, 0.29) is 5.75 Å². The second-order valence-electron chi connectivity index (χ2n) is 5.26. The number of aliphatic carboxylic acids is 1. The average Bonchev–Trinajstić information content (AvgIpc) is 2.37. The first-order valence-corrected chi connectivity index (χ1v) is 7.19. The monoisotopic (exact) mass is 365 g/mol. The number of benzene rings is 1. The third kappa shape index (κ3) is 5.97. The van der Waals surface area contributed by atoms with Crippen LogP contribution in [0.4, 0.5) is 8.78 Å². The van der Waals surface area contributed by atoms with Crippen LogP contribution in [-0.2, 0) is 11.3 Å². The summed E-state index contributed by atoms with van der Waals surface area (Å²) in [5, 5.41) is 12.1. The van der Waals surface area contributed by atoms with E-state index in [1.165, 1.54) is 6.07 Å². The number of ether oxygens (including phenoxy) is 1. The van der Waals surface area contributed by atoms with E-state index in [1.807, 2.05) is 0 Å². The molecule has 0 fully saturated rings. The lowest BCUT2D eigenvalue weighted by molar-refractivity contribution is -0.147. The van der Waals surface area contributed by atoms with Crippen LogP contribution in [0.5, 0.6) is 5.75 Å². The van der Waals surface area contributed by atoms with E-state index in [0.717, 1.165) is 5.56 Å². The van der Waals surface area contributed by atoms with Crippen LogP contribution in [0.25, 0.3) is 0 Å². The lowest BCUT2D eigenvalue weighted by atomic mass is 9.90. The van der Waals surface area contributed by atoms with Crippen LogP contribution in [0.2, 0.25) is 0 Å². The molecule has 0 saturated carbocycles. The van der Waals surface area contributed by atoms with Gasteiger partial charge in [-0.3, -0.25) is 4.79 Å². The van der Waals surface area contributed by atoms with Crippen LogP contribution >= 0.6 is 15.9 Å². The molecule has 1 rings (SSSR count). The summed E-state index contributed by atoms with van der Waals surface area (Å²) in [6.45, 7) is 1.55. The van der Waals surface area contributed by atoms with Crippen molar-refractivity contribution in [2.45, 2.75) is 33.4 Å². The number of hydrogen-bond donors (Lipinski definition) is 2. The second-order valence-corrected chi connectivity index (χ2v) is 6.11. The first-order chi connectivity index (χ1) is 9.72. The predicted molar refractivity (Wildman–Crippen MR) is 78.5 cm³/mol. The zero-order valence-corrected chi connectivity index (χ0v) is 13.4. The van der Waals surface area contributed by atoms with Gasteiger partial charge in [-0.1, -0.05) is 6.07 Å². The molecule has 118 valence electrons. The zero-order valence-electron chi connectivity index (χ0n) is 11.8. The van der Waals surface area contributed by atoms with Crippen molar-refractivity contribution < 1.29 is 23.4 Å². The third-order valence-corrected chi connectivity index (χ3v) is 3.67. The Morgan fingerprint density at radius 1 is 1.48 bits per heavy atom. The molecule has 4 nitrogen and oxygen atoms in total. The standard InChI is InChI=1S/C14H18BrF2NO3/c1-14(2,12(19)20)5-6-18-8-9-3-4-11(10(15)7-9)21-13(16)17/h3-4,7,13,18H,5-6,8H2,1-2H3,(H,19,20). The molecule has 0 spiro atoms. The summed E-state index contributed by atoms with van der Waals surface area (Å²) in [6, 6.07) is 4.83. The Kier molecular flexibility index (Phi) is 6.54. The molecule has 2 N–H and O–H groups in total. The highest BCUT2D eigenvalue weighted by Gasteiger charge is 2.26. The van der Waals surface area contributed by atoms with Crippen molar-refractivity contribution in [2.75, 3.05) is 6.54 Å². The molecule has 0 aliphatic rings. The van der Waals surface area contributed by atoms with Gasteiger partial charge in [0.1, 0.15) is 5.75 Å².